The van der Waals surface area contributed by atoms with Crippen LogP contribution in [-0.4, -0.2) is 209 Å². The zero-order chi connectivity index (χ0) is 59.8. The fraction of sp³-hybridized carbons (Fsp3) is 0.673. The average molecular weight is 1160 g/mol. The number of carboxylic acids is 1. The summed E-state index contributed by atoms with van der Waals surface area (Å²) in [5, 5.41) is 19.6. The Morgan fingerprint density at radius 2 is 1.65 bits per heavy atom. The van der Waals surface area contributed by atoms with Crippen molar-refractivity contribution in [3.63, 3.8) is 0 Å². The highest BCUT2D eigenvalue weighted by Gasteiger charge is 2.44. The number of aryl methyl sites for hydroxylation is 1. The molecule has 3 N–H and O–H groups in total. The number of aliphatic carboxylic acids is 1. The van der Waals surface area contributed by atoms with Crippen molar-refractivity contribution in [2.24, 2.45) is 28.7 Å². The number of guanidine groups is 1. The number of ketones is 1. The van der Waals surface area contributed by atoms with E-state index in [9.17, 15) is 47.1 Å². The van der Waals surface area contributed by atoms with Gasteiger partial charge in [-0.2, -0.15) is 0 Å². The molecule has 2 saturated heterocycles. The second kappa shape index (κ2) is 30.8. The fourth-order valence-electron chi connectivity index (χ4n) is 10.4. The number of nitrogens with one attached hydrogen (secondary N) is 2. The minimum Gasteiger partial charge on any atom is -0.480 e. The van der Waals surface area contributed by atoms with Gasteiger partial charge in [-0.1, -0.05) is 83.2 Å². The van der Waals surface area contributed by atoms with Crippen molar-refractivity contribution < 1.29 is 56.6 Å². The highest BCUT2D eigenvalue weighted by atomic mass is 32.2. The molecular formula is C55H87N11O12S2. The van der Waals surface area contributed by atoms with Crippen LogP contribution in [0.3, 0.4) is 0 Å². The molecule has 0 aliphatic carbocycles. The number of likely N-dealkylation sites (tertiary alicyclic amines) is 2. The molecule has 1 aromatic heterocycles. The van der Waals surface area contributed by atoms with Crippen LogP contribution in [-0.2, 0) is 72.6 Å². The molecule has 1 aromatic carbocycles. The second-order valence-corrected chi connectivity index (χ2v) is 24.9. The minimum atomic E-state index is -4.24. The average Bonchev–Trinajstić information content (AvgIpc) is 4.20. The van der Waals surface area contributed by atoms with Crippen LogP contribution in [0.1, 0.15) is 97.7 Å². The molecule has 3 heterocycles. The van der Waals surface area contributed by atoms with Gasteiger partial charge in [-0.15, -0.1) is 16.9 Å². The molecule has 2 aliphatic heterocycles. The Hall–Kier alpha value is -5.92. The van der Waals surface area contributed by atoms with Crippen LogP contribution in [0.25, 0.3) is 0 Å². The van der Waals surface area contributed by atoms with Crippen LogP contribution in [0.4, 0.5) is 0 Å². The van der Waals surface area contributed by atoms with Gasteiger partial charge in [0.1, 0.15) is 23.6 Å². The summed E-state index contributed by atoms with van der Waals surface area (Å²) in [6, 6.07) is 6.28. The smallest absolute Gasteiger partial charge is 0.326 e. The van der Waals surface area contributed by atoms with Crippen LogP contribution in [0, 0.1) is 23.7 Å². The number of likely N-dealkylation sites (N-methyl/N-ethyl adjacent to an activating group) is 1. The lowest BCUT2D eigenvalue weighted by atomic mass is 9.85. The van der Waals surface area contributed by atoms with E-state index in [0.29, 0.717) is 43.0 Å². The van der Waals surface area contributed by atoms with E-state index in [2.05, 4.69) is 26.9 Å². The van der Waals surface area contributed by atoms with E-state index in [0.717, 1.165) is 16.7 Å². The number of imide groups is 1. The first kappa shape index (κ1) is 66.6. The Kier molecular flexibility index (Phi) is 25.6. The lowest BCUT2D eigenvalue weighted by Crippen LogP contribution is -2.55. The molecule has 80 heavy (non-hydrogen) atoms. The number of carbonyl (C=O) groups excluding carboxylic acids is 6. The lowest BCUT2D eigenvalue weighted by Gasteiger charge is -2.40. The lowest BCUT2D eigenvalue weighted by molar-refractivity contribution is -0.146. The zero-order valence-corrected chi connectivity index (χ0v) is 50.6. The third-order valence-corrected chi connectivity index (χ3v) is 17.4. The number of aliphatic imine (C=N–C) groups is 1. The van der Waals surface area contributed by atoms with Crippen LogP contribution in [0.2, 0.25) is 0 Å². The third kappa shape index (κ3) is 18.6. The van der Waals surface area contributed by atoms with Gasteiger partial charge in [0.25, 0.3) is 0 Å². The summed E-state index contributed by atoms with van der Waals surface area (Å²) in [6.07, 6.45) is 1.55. The first-order chi connectivity index (χ1) is 37.6. The Morgan fingerprint density at radius 3 is 2.23 bits per heavy atom. The largest absolute Gasteiger partial charge is 0.480 e. The molecular weight excluding hydrogens is 1070 g/mol. The summed E-state index contributed by atoms with van der Waals surface area (Å²) in [6.45, 7) is 15.2. The Balaban J connectivity index is 1.42. The number of thioether (sulfide) groups is 1. The van der Waals surface area contributed by atoms with E-state index in [4.69, 9.17) is 14.5 Å². The molecule has 10 atom stereocenters. The normalized spacial score (nSPS) is 18.6. The third-order valence-electron chi connectivity index (χ3n) is 14.8. The minimum absolute atomic E-state index is 0.000885. The number of Topliss-reactive ketones (excluding diaryl/α,β-unsaturated/α-hetero) is 1. The molecule has 0 radical (unpaired) electrons. The van der Waals surface area contributed by atoms with Gasteiger partial charge >= 0.3 is 5.97 Å². The molecule has 4 rings (SSSR count). The molecule has 446 valence electrons. The number of allylic oxidation sites excluding steroid dienone is 1. The number of methoxy groups -OCH3 is 2. The number of benzene rings is 1. The summed E-state index contributed by atoms with van der Waals surface area (Å²) in [5.74, 6) is -5.54. The first-order valence-electron chi connectivity index (χ1n) is 27.3. The molecule has 23 nitrogen and oxygen atoms in total. The van der Waals surface area contributed by atoms with Crippen molar-refractivity contribution in [3.05, 3.63) is 60.1 Å². The van der Waals surface area contributed by atoms with Gasteiger partial charge in [0.2, 0.25) is 39.6 Å². The quantitative estimate of drug-likeness (QED) is 0.0539. The number of hydrogen-bond acceptors (Lipinski definition) is 16. The summed E-state index contributed by atoms with van der Waals surface area (Å²) in [5.41, 5.74) is 1.44. The molecule has 0 bridgehead atoms. The number of nitrogens with zero attached hydrogens (tertiary/aromatic N) is 9. The van der Waals surface area contributed by atoms with Crippen molar-refractivity contribution in [2.75, 3.05) is 67.5 Å². The van der Waals surface area contributed by atoms with Gasteiger partial charge in [-0.05, 0) is 50.0 Å². The monoisotopic (exact) mass is 1160 g/mol. The number of sulfonamides is 1. The first-order valence-corrected chi connectivity index (χ1v) is 30.0. The summed E-state index contributed by atoms with van der Waals surface area (Å²) in [4.78, 5) is 108. The van der Waals surface area contributed by atoms with Crippen molar-refractivity contribution in [1.82, 2.24) is 49.5 Å². The van der Waals surface area contributed by atoms with Crippen LogP contribution >= 0.6 is 11.8 Å². The molecule has 0 saturated carbocycles. The zero-order valence-electron chi connectivity index (χ0n) is 49.0. The SMILES string of the molecule is C=C(C)N[C@@H](CSC1CC(=O)N(Cc2cn(CCCS(=O)(=O)NC(=O)[C@@H](CC(=O)[C@H](C)[C@@H](OC)[C@@H]3CCCN3C(=O)C[C@@H](OC)[C@H]([C@@H](C)CC)N(C)C(=O)[C@@H](N=C(N(C)C)N(C)C)C(C)C)Cc3ccccc3)nn2)C1=O)C(=O)O. The van der Waals surface area contributed by atoms with Gasteiger partial charge in [0.15, 0.2) is 5.96 Å². The van der Waals surface area contributed by atoms with Crippen LogP contribution in [0.5, 0.6) is 0 Å². The molecule has 0 spiro atoms. The highest BCUT2D eigenvalue weighted by Crippen LogP contribution is 2.32. The van der Waals surface area contributed by atoms with Gasteiger partial charge in [-0.3, -0.25) is 43.1 Å². The standard InChI is InChI=1S/C55H87N11O12S2/c1-15-36(6)49(63(12)53(72)48(34(2)3)57-55(61(8)9)62(10)11)44(77-13)29-46(68)65-25-19-23-42(65)50(78-14)37(7)43(67)28-39(27-38-21-17-16-18-22-38)51(70)59-80(75,76)26-20-24-64-31-40(58-60-64)32-66-47(69)30-45(52(66)71)79-33-41(54(73)74)56-35(4)5/h16-18,21-22,31,34,36-37,39,41-42,44-45,48-50,56H,4,15,19-20,23-30,32-33H2,1-3,5-14H3,(H,59,70)(H,73,74)/t36-,37-,39+,41-,42-,44+,45?,48-,49-,50+/m0/s1. The van der Waals surface area contributed by atoms with E-state index in [1.54, 1.807) is 68.1 Å². The van der Waals surface area contributed by atoms with Gasteiger partial charge in [-0.25, -0.2) is 18.2 Å². The van der Waals surface area contributed by atoms with Gasteiger partial charge in [0, 0.05) is 98.7 Å². The Morgan fingerprint density at radius 1 is 0.988 bits per heavy atom. The number of amides is 5. The van der Waals surface area contributed by atoms with Crippen LogP contribution < -0.4 is 10.0 Å². The predicted molar refractivity (Wildman–Crippen MR) is 305 cm³/mol. The number of carboxylic acid groups (broad SMARTS) is 1. The van der Waals surface area contributed by atoms with Crippen molar-refractivity contribution in [2.45, 2.75) is 148 Å². The Labute approximate surface area is 477 Å². The highest BCUT2D eigenvalue weighted by molar-refractivity contribution is 8.00. The summed E-state index contributed by atoms with van der Waals surface area (Å²) < 4.78 is 42.6. The van der Waals surface area contributed by atoms with E-state index in [-0.39, 0.29) is 86.1 Å². The number of carbonyl (C=O) groups is 7. The van der Waals surface area contributed by atoms with E-state index >= 15 is 0 Å². The van der Waals surface area contributed by atoms with Crippen molar-refractivity contribution in [3.8, 4) is 0 Å². The van der Waals surface area contributed by atoms with Gasteiger partial charge < -0.3 is 39.5 Å². The van der Waals surface area contributed by atoms with E-state index < -0.39 is 92.9 Å². The summed E-state index contributed by atoms with van der Waals surface area (Å²) in [7, 11) is 8.03. The molecule has 5 amide bonds. The second-order valence-electron chi connectivity index (χ2n) is 21.8. The number of aromatic nitrogens is 3. The predicted octanol–water partition coefficient (Wildman–Crippen LogP) is 3.29. The number of ether oxygens (including phenoxy) is 2. The number of rotatable bonds is 32. The fourth-order valence-corrected chi connectivity index (χ4v) is 12.7. The molecule has 2 aromatic rings. The van der Waals surface area contributed by atoms with E-state index in [1.165, 1.54) is 18.0 Å². The molecule has 25 heteroatoms. The Bertz CT molecular complexity index is 2590. The maximum absolute atomic E-state index is 14.5. The van der Waals surface area contributed by atoms with Crippen molar-refractivity contribution >= 4 is 69.0 Å². The van der Waals surface area contributed by atoms with Gasteiger partial charge in [0.05, 0.1) is 54.5 Å². The molecule has 2 fully saturated rings. The molecule has 1 unspecified atom stereocenters. The van der Waals surface area contributed by atoms with Crippen LogP contribution in [0.15, 0.2) is 53.8 Å². The maximum Gasteiger partial charge on any atom is 0.326 e. The topological polar surface area (TPSA) is 276 Å². The van der Waals surface area contributed by atoms with E-state index in [1.807, 2.05) is 65.7 Å². The number of hydrogen-bond donors (Lipinski definition) is 3. The maximum atomic E-state index is 14.5. The molecule has 2 aliphatic rings. The van der Waals surface area contributed by atoms with Crippen molar-refractivity contribution in [1.29, 1.82) is 0 Å². The summed E-state index contributed by atoms with van der Waals surface area (Å²) >= 11 is 1.06.